The first-order valence-corrected chi connectivity index (χ1v) is 10.6. The fraction of sp³-hybridized carbons (Fsp3) is 0.304. The number of ether oxygens (including phenoxy) is 1. The Morgan fingerprint density at radius 3 is 2.62 bits per heavy atom. The maximum atomic E-state index is 14.3. The van der Waals surface area contributed by atoms with Crippen LogP contribution in [-0.4, -0.2) is 51.3 Å². The molecule has 166 valence electrons. The second kappa shape index (κ2) is 10.0. The van der Waals surface area contributed by atoms with Gasteiger partial charge < -0.3 is 15.0 Å². The van der Waals surface area contributed by atoms with Crippen molar-refractivity contribution in [2.24, 2.45) is 0 Å². The SMILES string of the molecule is O=C(NCCc1ccc(Oc2ccccc2)c(F)c1)c1cn(CC(=O)N2CCCC2)nn1. The number of rotatable bonds is 8. The number of nitrogens with zero attached hydrogens (tertiary/aromatic N) is 4. The van der Waals surface area contributed by atoms with Crippen LogP contribution in [0.25, 0.3) is 0 Å². The molecule has 2 amide bonds. The van der Waals surface area contributed by atoms with E-state index >= 15 is 0 Å². The zero-order chi connectivity index (χ0) is 22.3. The normalized spacial score (nSPS) is 13.2. The Kier molecular flexibility index (Phi) is 6.74. The van der Waals surface area contributed by atoms with Gasteiger partial charge in [0.05, 0.1) is 6.20 Å². The third kappa shape index (κ3) is 5.48. The van der Waals surface area contributed by atoms with Crippen LogP contribution in [0, 0.1) is 5.82 Å². The third-order valence-corrected chi connectivity index (χ3v) is 5.19. The van der Waals surface area contributed by atoms with Gasteiger partial charge in [-0.05, 0) is 49.1 Å². The van der Waals surface area contributed by atoms with E-state index < -0.39 is 11.7 Å². The number of likely N-dealkylation sites (tertiary alicyclic amines) is 1. The molecule has 8 nitrogen and oxygen atoms in total. The molecule has 0 unspecified atom stereocenters. The minimum Gasteiger partial charge on any atom is -0.454 e. The predicted octanol–water partition coefficient (Wildman–Crippen LogP) is 2.80. The number of amides is 2. The molecule has 2 aromatic carbocycles. The van der Waals surface area contributed by atoms with Crippen LogP contribution < -0.4 is 10.1 Å². The number of carbonyl (C=O) groups is 2. The Labute approximate surface area is 185 Å². The molecule has 32 heavy (non-hydrogen) atoms. The van der Waals surface area contributed by atoms with Crippen molar-refractivity contribution in [2.45, 2.75) is 25.8 Å². The smallest absolute Gasteiger partial charge is 0.273 e. The molecule has 0 saturated carbocycles. The first kappa shape index (κ1) is 21.5. The van der Waals surface area contributed by atoms with E-state index in [0.717, 1.165) is 31.5 Å². The molecule has 1 aliphatic heterocycles. The van der Waals surface area contributed by atoms with Gasteiger partial charge in [0.1, 0.15) is 12.3 Å². The standard InChI is InChI=1S/C23H24FN5O3/c24-19-14-17(8-9-21(19)32-18-6-2-1-3-7-18)10-11-25-23(31)20-15-29(27-26-20)16-22(30)28-12-4-5-13-28/h1-3,6-9,14-15H,4-5,10-13,16H2,(H,25,31). The molecule has 3 aromatic rings. The zero-order valence-corrected chi connectivity index (χ0v) is 17.5. The average Bonchev–Trinajstić information content (AvgIpc) is 3.49. The second-order valence-corrected chi connectivity index (χ2v) is 7.58. The van der Waals surface area contributed by atoms with Crippen molar-refractivity contribution in [3.05, 3.63) is 71.8 Å². The van der Waals surface area contributed by atoms with E-state index in [1.807, 2.05) is 18.2 Å². The Morgan fingerprint density at radius 1 is 1.09 bits per heavy atom. The third-order valence-electron chi connectivity index (χ3n) is 5.19. The average molecular weight is 437 g/mol. The van der Waals surface area contributed by atoms with E-state index in [0.29, 0.717) is 18.7 Å². The highest BCUT2D eigenvalue weighted by Crippen LogP contribution is 2.25. The van der Waals surface area contributed by atoms with Crippen LogP contribution >= 0.6 is 0 Å². The van der Waals surface area contributed by atoms with E-state index in [2.05, 4.69) is 15.6 Å². The number of benzene rings is 2. The fourth-order valence-corrected chi connectivity index (χ4v) is 3.49. The summed E-state index contributed by atoms with van der Waals surface area (Å²) >= 11 is 0. The predicted molar refractivity (Wildman–Crippen MR) is 115 cm³/mol. The number of nitrogens with one attached hydrogen (secondary N) is 1. The van der Waals surface area contributed by atoms with E-state index in [4.69, 9.17) is 4.74 Å². The molecule has 1 fully saturated rings. The number of halogens is 1. The number of hydrogen-bond donors (Lipinski definition) is 1. The Hall–Kier alpha value is -3.75. The summed E-state index contributed by atoms with van der Waals surface area (Å²) in [5.74, 6) is -0.190. The van der Waals surface area contributed by atoms with E-state index in [1.54, 1.807) is 29.2 Å². The molecule has 0 radical (unpaired) electrons. The topological polar surface area (TPSA) is 89.4 Å². The van der Waals surface area contributed by atoms with Crippen molar-refractivity contribution in [2.75, 3.05) is 19.6 Å². The molecule has 0 bridgehead atoms. The van der Waals surface area contributed by atoms with E-state index in [1.165, 1.54) is 16.9 Å². The Balaban J connectivity index is 1.25. The van der Waals surface area contributed by atoms with Crippen molar-refractivity contribution in [3.63, 3.8) is 0 Å². The van der Waals surface area contributed by atoms with Gasteiger partial charge in [-0.25, -0.2) is 9.07 Å². The summed E-state index contributed by atoms with van der Waals surface area (Å²) in [6.45, 7) is 1.90. The summed E-state index contributed by atoms with van der Waals surface area (Å²) in [5.41, 5.74) is 0.861. The summed E-state index contributed by atoms with van der Waals surface area (Å²) < 4.78 is 21.3. The molecule has 0 aliphatic carbocycles. The van der Waals surface area contributed by atoms with Crippen LogP contribution in [-0.2, 0) is 17.8 Å². The number of para-hydroxylation sites is 1. The Bertz CT molecular complexity index is 1080. The lowest BCUT2D eigenvalue weighted by Crippen LogP contribution is -2.31. The monoisotopic (exact) mass is 437 g/mol. The Morgan fingerprint density at radius 2 is 1.88 bits per heavy atom. The minimum atomic E-state index is -0.469. The molecular weight excluding hydrogens is 413 g/mol. The van der Waals surface area contributed by atoms with Gasteiger partial charge in [-0.2, -0.15) is 0 Å². The van der Waals surface area contributed by atoms with Gasteiger partial charge in [0, 0.05) is 19.6 Å². The molecule has 1 saturated heterocycles. The van der Waals surface area contributed by atoms with Gasteiger partial charge >= 0.3 is 0 Å². The number of carbonyl (C=O) groups excluding carboxylic acids is 2. The minimum absolute atomic E-state index is 0.0268. The van der Waals surface area contributed by atoms with Gasteiger partial charge in [-0.15, -0.1) is 5.10 Å². The molecule has 4 rings (SSSR count). The van der Waals surface area contributed by atoms with Crippen LogP contribution in [0.15, 0.2) is 54.7 Å². The quantitative estimate of drug-likeness (QED) is 0.585. The maximum absolute atomic E-state index is 14.3. The van der Waals surface area contributed by atoms with E-state index in [9.17, 15) is 14.0 Å². The first-order valence-electron chi connectivity index (χ1n) is 10.6. The summed E-state index contributed by atoms with van der Waals surface area (Å²) in [6.07, 6.45) is 3.93. The summed E-state index contributed by atoms with van der Waals surface area (Å²) in [7, 11) is 0. The highest BCUT2D eigenvalue weighted by Gasteiger charge is 2.19. The van der Waals surface area contributed by atoms with Crippen LogP contribution in [0.4, 0.5) is 4.39 Å². The lowest BCUT2D eigenvalue weighted by Gasteiger charge is -2.14. The fourth-order valence-electron chi connectivity index (χ4n) is 3.49. The van der Waals surface area contributed by atoms with Crippen LogP contribution in [0.2, 0.25) is 0 Å². The molecule has 0 atom stereocenters. The molecule has 1 aliphatic rings. The molecule has 1 aromatic heterocycles. The molecule has 0 spiro atoms. The summed E-state index contributed by atoms with van der Waals surface area (Å²) in [4.78, 5) is 26.3. The molecule has 1 N–H and O–H groups in total. The maximum Gasteiger partial charge on any atom is 0.273 e. The molecule has 2 heterocycles. The van der Waals surface area contributed by atoms with Crippen LogP contribution in [0.1, 0.15) is 28.9 Å². The number of hydrogen-bond acceptors (Lipinski definition) is 5. The second-order valence-electron chi connectivity index (χ2n) is 7.58. The van der Waals surface area contributed by atoms with Gasteiger partial charge in [-0.3, -0.25) is 9.59 Å². The first-order chi connectivity index (χ1) is 15.6. The summed E-state index contributed by atoms with van der Waals surface area (Å²) in [5, 5.41) is 10.4. The van der Waals surface area contributed by atoms with Crippen molar-refractivity contribution in [3.8, 4) is 11.5 Å². The van der Waals surface area contributed by atoms with Crippen molar-refractivity contribution in [1.29, 1.82) is 0 Å². The van der Waals surface area contributed by atoms with Crippen LogP contribution in [0.3, 0.4) is 0 Å². The van der Waals surface area contributed by atoms with E-state index in [-0.39, 0.29) is 23.9 Å². The summed E-state index contributed by atoms with van der Waals surface area (Å²) in [6, 6.07) is 13.7. The lowest BCUT2D eigenvalue weighted by molar-refractivity contribution is -0.130. The van der Waals surface area contributed by atoms with Crippen molar-refractivity contribution in [1.82, 2.24) is 25.2 Å². The van der Waals surface area contributed by atoms with Gasteiger partial charge in [-0.1, -0.05) is 29.5 Å². The van der Waals surface area contributed by atoms with Gasteiger partial charge in [0.15, 0.2) is 17.3 Å². The highest BCUT2D eigenvalue weighted by atomic mass is 19.1. The number of aromatic nitrogens is 3. The molecular formula is C23H24FN5O3. The van der Waals surface area contributed by atoms with Gasteiger partial charge in [0.2, 0.25) is 5.91 Å². The van der Waals surface area contributed by atoms with Crippen LogP contribution in [0.5, 0.6) is 11.5 Å². The van der Waals surface area contributed by atoms with Crippen molar-refractivity contribution >= 4 is 11.8 Å². The van der Waals surface area contributed by atoms with Gasteiger partial charge in [0.25, 0.3) is 5.91 Å². The zero-order valence-electron chi connectivity index (χ0n) is 17.5. The molecule has 9 heteroatoms. The largest absolute Gasteiger partial charge is 0.454 e. The lowest BCUT2D eigenvalue weighted by atomic mass is 10.1. The van der Waals surface area contributed by atoms with Crippen molar-refractivity contribution < 1.29 is 18.7 Å². The highest BCUT2D eigenvalue weighted by molar-refractivity contribution is 5.91.